The van der Waals surface area contributed by atoms with Gasteiger partial charge in [-0.05, 0) is 18.6 Å². The van der Waals surface area contributed by atoms with Gasteiger partial charge in [-0.2, -0.15) is 0 Å². The van der Waals surface area contributed by atoms with Crippen LogP contribution in [0, 0.1) is 10.1 Å². The monoisotopic (exact) mass is 354 g/mol. The number of nitrogens with one attached hydrogen (secondary N) is 2. The second-order valence-corrected chi connectivity index (χ2v) is 5.46. The second kappa shape index (κ2) is 8.17. The van der Waals surface area contributed by atoms with Crippen molar-refractivity contribution in [2.24, 2.45) is 0 Å². The molecule has 0 bridgehead atoms. The Balaban J connectivity index is 1.93. The first-order valence-corrected chi connectivity index (χ1v) is 8.03. The zero-order chi connectivity index (χ0) is 18.4. The number of benzene rings is 1. The minimum Gasteiger partial charge on any atom is -0.385 e. The van der Waals surface area contributed by atoms with E-state index in [1.54, 1.807) is 19.4 Å². The molecule has 0 atom stereocenters. The van der Waals surface area contributed by atoms with Gasteiger partial charge in [-0.1, -0.05) is 18.2 Å². The second-order valence-electron chi connectivity index (χ2n) is 5.46. The lowest BCUT2D eigenvalue weighted by molar-refractivity contribution is -0.383. The largest absolute Gasteiger partial charge is 0.385 e. The minimum absolute atomic E-state index is 0.109. The van der Waals surface area contributed by atoms with Crippen molar-refractivity contribution >= 4 is 33.9 Å². The third-order valence-corrected chi connectivity index (χ3v) is 3.71. The summed E-state index contributed by atoms with van der Waals surface area (Å²) in [5.41, 5.74) is 1.13. The number of para-hydroxylation sites is 1. The van der Waals surface area contributed by atoms with E-state index in [4.69, 9.17) is 4.74 Å². The molecule has 2 aromatic heterocycles. The van der Waals surface area contributed by atoms with Crippen molar-refractivity contribution in [2.75, 3.05) is 30.9 Å². The van der Waals surface area contributed by atoms with Gasteiger partial charge in [0.2, 0.25) is 11.6 Å². The van der Waals surface area contributed by atoms with Crippen LogP contribution in [0.25, 0.3) is 10.9 Å². The van der Waals surface area contributed by atoms with Gasteiger partial charge in [0, 0.05) is 31.8 Å². The molecule has 0 saturated heterocycles. The van der Waals surface area contributed by atoms with Crippen LogP contribution >= 0.6 is 0 Å². The SMILES string of the molecule is COCCCNc1ncnc(Nc2cccc3cccnc23)c1[N+](=O)[O-]. The highest BCUT2D eigenvalue weighted by atomic mass is 16.6. The first-order chi connectivity index (χ1) is 12.7. The molecule has 134 valence electrons. The number of methoxy groups -OCH3 is 1. The Morgan fingerprint density at radius 3 is 2.77 bits per heavy atom. The molecule has 0 unspecified atom stereocenters. The summed E-state index contributed by atoms with van der Waals surface area (Å²) in [5.74, 6) is 0.272. The Morgan fingerprint density at radius 2 is 1.96 bits per heavy atom. The molecule has 2 heterocycles. The molecule has 0 aliphatic heterocycles. The number of hydrogen-bond donors (Lipinski definition) is 2. The predicted molar refractivity (Wildman–Crippen MR) is 98.7 cm³/mol. The molecule has 0 saturated carbocycles. The van der Waals surface area contributed by atoms with Crippen LogP contribution < -0.4 is 10.6 Å². The van der Waals surface area contributed by atoms with Crippen LogP contribution in [0.4, 0.5) is 23.0 Å². The van der Waals surface area contributed by atoms with Crippen LogP contribution in [0.3, 0.4) is 0 Å². The number of nitrogens with zero attached hydrogens (tertiary/aromatic N) is 4. The quantitative estimate of drug-likeness (QED) is 0.360. The lowest BCUT2D eigenvalue weighted by Gasteiger charge is -2.11. The summed E-state index contributed by atoms with van der Waals surface area (Å²) in [6.45, 7) is 1.06. The van der Waals surface area contributed by atoms with Crippen molar-refractivity contribution in [3.05, 3.63) is 53.0 Å². The van der Waals surface area contributed by atoms with E-state index in [1.165, 1.54) is 6.33 Å². The van der Waals surface area contributed by atoms with Gasteiger partial charge in [-0.15, -0.1) is 0 Å². The van der Waals surface area contributed by atoms with Crippen molar-refractivity contribution in [3.8, 4) is 0 Å². The number of rotatable bonds is 8. The standard InChI is InChI=1S/C17H18N6O3/c1-26-10-4-9-19-16-15(23(24)25)17(21-11-20-16)22-13-7-2-5-12-6-3-8-18-14(12)13/h2-3,5-8,11H,4,9-10H2,1H3,(H2,19,20,21,22). The van der Waals surface area contributed by atoms with Gasteiger partial charge >= 0.3 is 5.69 Å². The normalized spacial score (nSPS) is 10.7. The summed E-state index contributed by atoms with van der Waals surface area (Å²) in [7, 11) is 1.60. The lowest BCUT2D eigenvalue weighted by Crippen LogP contribution is -2.10. The maximum absolute atomic E-state index is 11.6. The van der Waals surface area contributed by atoms with Crippen LogP contribution in [0.1, 0.15) is 6.42 Å². The molecule has 0 radical (unpaired) electrons. The number of pyridine rings is 1. The van der Waals surface area contributed by atoms with E-state index in [1.807, 2.05) is 24.3 Å². The van der Waals surface area contributed by atoms with Crippen LogP contribution in [0.2, 0.25) is 0 Å². The number of anilines is 3. The van der Waals surface area contributed by atoms with Gasteiger partial charge in [0.25, 0.3) is 0 Å². The molecule has 3 rings (SSSR count). The summed E-state index contributed by atoms with van der Waals surface area (Å²) < 4.78 is 4.98. The van der Waals surface area contributed by atoms with Crippen molar-refractivity contribution < 1.29 is 9.66 Å². The Morgan fingerprint density at radius 1 is 1.15 bits per heavy atom. The highest BCUT2D eigenvalue weighted by molar-refractivity contribution is 5.92. The highest BCUT2D eigenvalue weighted by Crippen LogP contribution is 2.32. The van der Waals surface area contributed by atoms with Gasteiger partial charge < -0.3 is 15.4 Å². The maximum atomic E-state index is 11.6. The lowest BCUT2D eigenvalue weighted by atomic mass is 10.2. The third kappa shape index (κ3) is 3.83. The minimum atomic E-state index is -0.500. The zero-order valence-corrected chi connectivity index (χ0v) is 14.2. The van der Waals surface area contributed by atoms with E-state index in [0.717, 1.165) is 5.39 Å². The summed E-state index contributed by atoms with van der Waals surface area (Å²) >= 11 is 0. The van der Waals surface area contributed by atoms with E-state index < -0.39 is 4.92 Å². The van der Waals surface area contributed by atoms with Crippen LogP contribution in [-0.2, 0) is 4.74 Å². The Kier molecular flexibility index (Phi) is 5.49. The van der Waals surface area contributed by atoms with Gasteiger partial charge in [-0.25, -0.2) is 9.97 Å². The van der Waals surface area contributed by atoms with Crippen molar-refractivity contribution in [1.29, 1.82) is 0 Å². The molecule has 9 nitrogen and oxygen atoms in total. The number of aromatic nitrogens is 3. The van der Waals surface area contributed by atoms with E-state index >= 15 is 0 Å². The number of fused-ring (bicyclic) bond motifs is 1. The molecule has 2 N–H and O–H groups in total. The molecule has 1 aromatic carbocycles. The molecule has 0 amide bonds. The molecule has 0 spiro atoms. The first kappa shape index (κ1) is 17.5. The van der Waals surface area contributed by atoms with E-state index in [-0.39, 0.29) is 17.3 Å². The van der Waals surface area contributed by atoms with Gasteiger partial charge in [0.05, 0.1) is 16.1 Å². The number of ether oxygens (including phenoxy) is 1. The molecular formula is C17H18N6O3. The molecule has 0 aliphatic carbocycles. The van der Waals surface area contributed by atoms with Gasteiger partial charge in [-0.3, -0.25) is 15.1 Å². The summed E-state index contributed by atoms with van der Waals surface area (Å²) in [4.78, 5) is 23.5. The maximum Gasteiger partial charge on any atom is 0.353 e. The summed E-state index contributed by atoms with van der Waals surface area (Å²) in [5, 5.41) is 18.5. The average molecular weight is 354 g/mol. The van der Waals surface area contributed by atoms with E-state index in [2.05, 4.69) is 25.6 Å². The Hall–Kier alpha value is -3.33. The molecule has 0 fully saturated rings. The predicted octanol–water partition coefficient (Wildman–Crippen LogP) is 3.13. The summed E-state index contributed by atoms with van der Waals surface area (Å²) in [6.07, 6.45) is 3.66. The fourth-order valence-electron chi connectivity index (χ4n) is 2.53. The smallest absolute Gasteiger partial charge is 0.353 e. The van der Waals surface area contributed by atoms with E-state index in [0.29, 0.717) is 30.8 Å². The molecule has 3 aromatic rings. The van der Waals surface area contributed by atoms with Crippen molar-refractivity contribution in [1.82, 2.24) is 15.0 Å². The van der Waals surface area contributed by atoms with Gasteiger partial charge in [0.15, 0.2) is 0 Å². The van der Waals surface area contributed by atoms with Crippen LogP contribution in [-0.4, -0.2) is 40.1 Å². The van der Waals surface area contributed by atoms with Crippen molar-refractivity contribution in [3.63, 3.8) is 0 Å². The number of nitro groups is 1. The summed E-state index contributed by atoms with van der Waals surface area (Å²) in [6, 6.07) is 9.33. The fourth-order valence-corrected chi connectivity index (χ4v) is 2.53. The first-order valence-electron chi connectivity index (χ1n) is 8.03. The fraction of sp³-hybridized carbons (Fsp3) is 0.235. The molecular weight excluding hydrogens is 336 g/mol. The zero-order valence-electron chi connectivity index (χ0n) is 14.2. The Bertz CT molecular complexity index is 913. The van der Waals surface area contributed by atoms with Crippen LogP contribution in [0.15, 0.2) is 42.9 Å². The molecule has 26 heavy (non-hydrogen) atoms. The third-order valence-electron chi connectivity index (χ3n) is 3.71. The van der Waals surface area contributed by atoms with Crippen LogP contribution in [0.5, 0.6) is 0 Å². The number of hydrogen-bond acceptors (Lipinski definition) is 8. The van der Waals surface area contributed by atoms with Crippen molar-refractivity contribution in [2.45, 2.75) is 6.42 Å². The van der Waals surface area contributed by atoms with Gasteiger partial charge in [0.1, 0.15) is 6.33 Å². The molecule has 9 heteroatoms. The Labute approximate surface area is 149 Å². The van der Waals surface area contributed by atoms with E-state index in [9.17, 15) is 10.1 Å². The molecule has 0 aliphatic rings. The average Bonchev–Trinajstić information content (AvgIpc) is 2.65. The topological polar surface area (TPSA) is 115 Å². The highest BCUT2D eigenvalue weighted by Gasteiger charge is 2.23.